The highest BCUT2D eigenvalue weighted by molar-refractivity contribution is 7.89. The van der Waals surface area contributed by atoms with Gasteiger partial charge in [-0.15, -0.1) is 0 Å². The summed E-state index contributed by atoms with van der Waals surface area (Å²) in [4.78, 5) is 13.9. The maximum atomic E-state index is 12.8. The lowest BCUT2D eigenvalue weighted by atomic mass is 10.3. The van der Waals surface area contributed by atoms with Gasteiger partial charge in [0.1, 0.15) is 4.90 Å². The van der Waals surface area contributed by atoms with Crippen LogP contribution in [0.2, 0.25) is 10.0 Å². The number of rotatable bonds is 6. The molecule has 0 aliphatic carbocycles. The second-order valence-electron chi connectivity index (χ2n) is 6.03. The van der Waals surface area contributed by atoms with Crippen molar-refractivity contribution in [2.24, 2.45) is 0 Å². The number of sulfonamides is 1. The molecule has 1 aromatic heterocycles. The molecule has 2 heterocycles. The highest BCUT2D eigenvalue weighted by Gasteiger charge is 2.31. The standard InChI is InChI=1S/C17H19Cl2N3O4S/c18-13-3-1-4-14(19)16(13)27(24,25)22-10-8-21(9-11-22)7-6-20-17(23)15-5-2-12-26-15/h1-5,12H,6-11H2,(H,20,23). The van der Waals surface area contributed by atoms with Crippen LogP contribution in [0.1, 0.15) is 10.6 Å². The van der Waals surface area contributed by atoms with Crippen LogP contribution >= 0.6 is 23.2 Å². The van der Waals surface area contributed by atoms with Crippen LogP contribution in [0.15, 0.2) is 45.9 Å². The topological polar surface area (TPSA) is 82.9 Å². The average Bonchev–Trinajstić information content (AvgIpc) is 3.16. The van der Waals surface area contributed by atoms with Gasteiger partial charge >= 0.3 is 0 Å². The molecule has 0 atom stereocenters. The number of hydrogen-bond acceptors (Lipinski definition) is 5. The Morgan fingerprint density at radius 3 is 2.33 bits per heavy atom. The van der Waals surface area contributed by atoms with E-state index < -0.39 is 10.0 Å². The molecule has 1 aromatic carbocycles. The Morgan fingerprint density at radius 1 is 1.07 bits per heavy atom. The SMILES string of the molecule is O=C(NCCN1CCN(S(=O)(=O)c2c(Cl)cccc2Cl)CC1)c1ccco1. The minimum Gasteiger partial charge on any atom is -0.459 e. The van der Waals surface area contributed by atoms with E-state index in [1.807, 2.05) is 0 Å². The van der Waals surface area contributed by atoms with Crippen molar-refractivity contribution in [1.82, 2.24) is 14.5 Å². The number of carbonyl (C=O) groups is 1. The van der Waals surface area contributed by atoms with E-state index in [4.69, 9.17) is 27.6 Å². The van der Waals surface area contributed by atoms with E-state index in [2.05, 4.69) is 10.2 Å². The van der Waals surface area contributed by atoms with Crippen LogP contribution in [0, 0.1) is 0 Å². The van der Waals surface area contributed by atoms with Gasteiger partial charge in [0.2, 0.25) is 10.0 Å². The van der Waals surface area contributed by atoms with Gasteiger partial charge in [-0.2, -0.15) is 4.31 Å². The maximum Gasteiger partial charge on any atom is 0.287 e. The van der Waals surface area contributed by atoms with Gasteiger partial charge in [0.05, 0.1) is 16.3 Å². The molecule has 7 nitrogen and oxygen atoms in total. The van der Waals surface area contributed by atoms with E-state index in [0.717, 1.165) is 0 Å². The Morgan fingerprint density at radius 2 is 1.74 bits per heavy atom. The van der Waals surface area contributed by atoms with Crippen molar-refractivity contribution < 1.29 is 17.6 Å². The first-order chi connectivity index (χ1) is 12.9. The van der Waals surface area contributed by atoms with Crippen molar-refractivity contribution in [3.8, 4) is 0 Å². The number of nitrogens with zero attached hydrogens (tertiary/aromatic N) is 2. The first-order valence-corrected chi connectivity index (χ1v) is 10.6. The molecule has 2 aromatic rings. The lowest BCUT2D eigenvalue weighted by Gasteiger charge is -2.34. The van der Waals surface area contributed by atoms with E-state index >= 15 is 0 Å². The zero-order chi connectivity index (χ0) is 19.4. The number of amides is 1. The summed E-state index contributed by atoms with van der Waals surface area (Å²) in [6.07, 6.45) is 1.44. The third-order valence-electron chi connectivity index (χ3n) is 4.31. The zero-order valence-corrected chi connectivity index (χ0v) is 16.7. The van der Waals surface area contributed by atoms with Crippen molar-refractivity contribution in [2.45, 2.75) is 4.90 Å². The summed E-state index contributed by atoms with van der Waals surface area (Å²) in [6, 6.07) is 7.88. The molecule has 0 saturated carbocycles. The molecule has 27 heavy (non-hydrogen) atoms. The maximum absolute atomic E-state index is 12.8. The Hall–Kier alpha value is -1.58. The number of carbonyl (C=O) groups excluding carboxylic acids is 1. The van der Waals surface area contributed by atoms with Gasteiger partial charge in [-0.05, 0) is 24.3 Å². The Bertz CT molecular complexity index is 875. The fourth-order valence-corrected chi connectivity index (χ4v) is 5.39. The van der Waals surface area contributed by atoms with Crippen molar-refractivity contribution in [1.29, 1.82) is 0 Å². The van der Waals surface area contributed by atoms with Crippen molar-refractivity contribution in [3.05, 3.63) is 52.4 Å². The Balaban J connectivity index is 1.52. The summed E-state index contributed by atoms with van der Waals surface area (Å²) in [5, 5.41) is 3.01. The summed E-state index contributed by atoms with van der Waals surface area (Å²) < 4.78 is 32.1. The van der Waals surface area contributed by atoms with Gasteiger partial charge in [0, 0.05) is 39.3 Å². The molecule has 1 aliphatic rings. The summed E-state index contributed by atoms with van der Waals surface area (Å²) in [5.41, 5.74) is 0. The minimum atomic E-state index is -3.75. The summed E-state index contributed by atoms with van der Waals surface area (Å²) in [7, 11) is -3.75. The van der Waals surface area contributed by atoms with Crippen molar-refractivity contribution in [2.75, 3.05) is 39.3 Å². The second kappa shape index (κ2) is 8.62. The van der Waals surface area contributed by atoms with Crippen molar-refractivity contribution >= 4 is 39.1 Å². The molecule has 146 valence electrons. The highest BCUT2D eigenvalue weighted by atomic mass is 35.5. The third-order valence-corrected chi connectivity index (χ3v) is 7.16. The van der Waals surface area contributed by atoms with E-state index in [-0.39, 0.29) is 26.6 Å². The molecular formula is C17H19Cl2N3O4S. The van der Waals surface area contributed by atoms with Crippen LogP contribution in [0.25, 0.3) is 0 Å². The molecular weight excluding hydrogens is 413 g/mol. The van der Waals surface area contributed by atoms with Gasteiger partial charge < -0.3 is 9.73 Å². The molecule has 1 N–H and O–H groups in total. The fourth-order valence-electron chi connectivity index (χ4n) is 2.87. The van der Waals surface area contributed by atoms with E-state index in [1.165, 1.54) is 22.7 Å². The van der Waals surface area contributed by atoms with Gasteiger partial charge in [-0.1, -0.05) is 29.3 Å². The van der Waals surface area contributed by atoms with Gasteiger partial charge in [0.15, 0.2) is 5.76 Å². The predicted molar refractivity (Wildman–Crippen MR) is 103 cm³/mol. The molecule has 1 amide bonds. The summed E-state index contributed by atoms with van der Waals surface area (Å²) >= 11 is 12.1. The molecule has 1 saturated heterocycles. The van der Waals surface area contributed by atoms with Gasteiger partial charge in [0.25, 0.3) is 5.91 Å². The molecule has 1 aliphatic heterocycles. The molecule has 0 bridgehead atoms. The zero-order valence-electron chi connectivity index (χ0n) is 14.4. The Kier molecular flexibility index (Phi) is 6.44. The van der Waals surface area contributed by atoms with Crippen LogP contribution in [-0.2, 0) is 10.0 Å². The summed E-state index contributed by atoms with van der Waals surface area (Å²) in [6.45, 7) is 2.83. The molecule has 0 radical (unpaired) electrons. The first-order valence-electron chi connectivity index (χ1n) is 8.38. The normalized spacial score (nSPS) is 16.4. The van der Waals surface area contributed by atoms with E-state index in [1.54, 1.807) is 18.2 Å². The Labute approximate surface area is 167 Å². The summed E-state index contributed by atoms with van der Waals surface area (Å²) in [5.74, 6) is -0.00268. The second-order valence-corrected chi connectivity index (χ2v) is 8.72. The van der Waals surface area contributed by atoms with Crippen LogP contribution in [-0.4, -0.2) is 62.8 Å². The quantitative estimate of drug-likeness (QED) is 0.758. The largest absolute Gasteiger partial charge is 0.459 e. The third kappa shape index (κ3) is 4.64. The van der Waals surface area contributed by atoms with Crippen LogP contribution in [0.3, 0.4) is 0 Å². The minimum absolute atomic E-state index is 0.0486. The number of nitrogens with one attached hydrogen (secondary N) is 1. The highest BCUT2D eigenvalue weighted by Crippen LogP contribution is 2.31. The van der Waals surface area contributed by atoms with E-state index in [9.17, 15) is 13.2 Å². The lowest BCUT2D eigenvalue weighted by Crippen LogP contribution is -2.50. The predicted octanol–water partition coefficient (Wildman–Crippen LogP) is 2.32. The van der Waals surface area contributed by atoms with Crippen molar-refractivity contribution in [3.63, 3.8) is 0 Å². The molecule has 1 fully saturated rings. The fraction of sp³-hybridized carbons (Fsp3) is 0.353. The number of benzene rings is 1. The molecule has 3 rings (SSSR count). The molecule has 0 unspecified atom stereocenters. The smallest absolute Gasteiger partial charge is 0.287 e. The number of hydrogen-bond donors (Lipinski definition) is 1. The van der Waals surface area contributed by atoms with Crippen LogP contribution in [0.5, 0.6) is 0 Å². The number of furan rings is 1. The lowest BCUT2D eigenvalue weighted by molar-refractivity contribution is 0.0917. The monoisotopic (exact) mass is 431 g/mol. The number of halogens is 2. The molecule has 10 heteroatoms. The first kappa shape index (κ1) is 20.2. The van der Waals surface area contributed by atoms with E-state index in [0.29, 0.717) is 39.3 Å². The van der Waals surface area contributed by atoms with Gasteiger partial charge in [-0.25, -0.2) is 8.42 Å². The van der Waals surface area contributed by atoms with Gasteiger partial charge in [-0.3, -0.25) is 9.69 Å². The van der Waals surface area contributed by atoms with Crippen LogP contribution in [0.4, 0.5) is 0 Å². The molecule has 0 spiro atoms. The average molecular weight is 432 g/mol. The number of piperazine rings is 1. The van der Waals surface area contributed by atoms with Crippen LogP contribution < -0.4 is 5.32 Å².